The lowest BCUT2D eigenvalue weighted by Crippen LogP contribution is -2.38. The van der Waals surface area contributed by atoms with Crippen LogP contribution in [0.3, 0.4) is 0 Å². The predicted molar refractivity (Wildman–Crippen MR) is 120 cm³/mol. The molecule has 1 fully saturated rings. The van der Waals surface area contributed by atoms with Gasteiger partial charge in [0, 0.05) is 35.8 Å². The number of nitrogens with one attached hydrogen (secondary N) is 1. The lowest BCUT2D eigenvalue weighted by Gasteiger charge is -2.32. The summed E-state index contributed by atoms with van der Waals surface area (Å²) in [6.45, 7) is 5.68. The fourth-order valence-corrected chi connectivity index (χ4v) is 5.46. The average Bonchev–Trinajstić information content (AvgIpc) is 3.01. The van der Waals surface area contributed by atoms with Crippen molar-refractivity contribution in [3.63, 3.8) is 0 Å². The van der Waals surface area contributed by atoms with Crippen molar-refractivity contribution >= 4 is 48.8 Å². The van der Waals surface area contributed by atoms with E-state index in [1.165, 1.54) is 22.6 Å². The third-order valence-corrected chi connectivity index (χ3v) is 7.87. The molecule has 7 nitrogen and oxygen atoms in total. The van der Waals surface area contributed by atoms with Crippen LogP contribution in [0.25, 0.3) is 10.2 Å². The Morgan fingerprint density at radius 1 is 1.20 bits per heavy atom. The monoisotopic (exact) mass is 444 g/mol. The predicted octanol–water partition coefficient (Wildman–Crippen LogP) is 3.57. The van der Waals surface area contributed by atoms with Crippen molar-refractivity contribution in [2.75, 3.05) is 29.6 Å². The number of carbonyl (C=O) groups is 1. The van der Waals surface area contributed by atoms with E-state index in [0.29, 0.717) is 18.5 Å². The number of rotatable bonds is 4. The van der Waals surface area contributed by atoms with Crippen molar-refractivity contribution in [1.82, 2.24) is 9.97 Å². The van der Waals surface area contributed by atoms with E-state index in [1.54, 1.807) is 29.8 Å². The Bertz CT molecular complexity index is 1210. The zero-order valence-electron chi connectivity index (χ0n) is 17.2. The summed E-state index contributed by atoms with van der Waals surface area (Å²) in [4.78, 5) is 26.4. The molecule has 1 aliphatic heterocycles. The molecule has 2 aromatic heterocycles. The van der Waals surface area contributed by atoms with Crippen molar-refractivity contribution in [2.24, 2.45) is 5.92 Å². The van der Waals surface area contributed by atoms with Gasteiger partial charge in [0.15, 0.2) is 9.84 Å². The smallest absolute Gasteiger partial charge is 0.227 e. The summed E-state index contributed by atoms with van der Waals surface area (Å²) in [6.07, 6.45) is 4.20. The summed E-state index contributed by atoms with van der Waals surface area (Å²) < 4.78 is 23.5. The molecule has 9 heteroatoms. The normalized spacial score (nSPS) is 15.5. The number of benzene rings is 1. The number of hydrogen-bond acceptors (Lipinski definition) is 7. The molecule has 1 aliphatic rings. The van der Waals surface area contributed by atoms with Crippen LogP contribution in [-0.2, 0) is 14.6 Å². The molecule has 30 heavy (non-hydrogen) atoms. The number of anilines is 2. The molecule has 1 aromatic carbocycles. The van der Waals surface area contributed by atoms with Gasteiger partial charge in [0.25, 0.3) is 0 Å². The Labute approximate surface area is 180 Å². The van der Waals surface area contributed by atoms with Crippen LogP contribution in [0, 0.1) is 19.8 Å². The second-order valence-electron chi connectivity index (χ2n) is 7.71. The van der Waals surface area contributed by atoms with Crippen LogP contribution in [-0.4, -0.2) is 43.6 Å². The van der Waals surface area contributed by atoms with Gasteiger partial charge >= 0.3 is 0 Å². The van der Waals surface area contributed by atoms with Crippen molar-refractivity contribution < 1.29 is 13.2 Å². The lowest BCUT2D eigenvalue weighted by molar-refractivity contribution is -0.120. The average molecular weight is 445 g/mol. The number of carbonyl (C=O) groups excluding carboxylic acids is 1. The summed E-state index contributed by atoms with van der Waals surface area (Å²) >= 11 is 1.68. The van der Waals surface area contributed by atoms with Crippen LogP contribution in [0.1, 0.15) is 23.3 Å². The van der Waals surface area contributed by atoms with Gasteiger partial charge in [-0.3, -0.25) is 4.79 Å². The third kappa shape index (κ3) is 4.04. The van der Waals surface area contributed by atoms with E-state index in [1.807, 2.05) is 0 Å². The van der Waals surface area contributed by atoms with Gasteiger partial charge in [-0.1, -0.05) is 6.07 Å². The molecule has 1 amide bonds. The Kier molecular flexibility index (Phi) is 5.50. The molecular weight excluding hydrogens is 420 g/mol. The number of aryl methyl sites for hydroxylation is 2. The number of amides is 1. The van der Waals surface area contributed by atoms with E-state index < -0.39 is 9.84 Å². The van der Waals surface area contributed by atoms with Crippen molar-refractivity contribution in [2.45, 2.75) is 31.6 Å². The highest BCUT2D eigenvalue weighted by atomic mass is 32.2. The van der Waals surface area contributed by atoms with Crippen LogP contribution in [0.2, 0.25) is 0 Å². The van der Waals surface area contributed by atoms with E-state index in [4.69, 9.17) is 0 Å². The Hall–Kier alpha value is -2.52. The second kappa shape index (κ2) is 7.96. The maximum Gasteiger partial charge on any atom is 0.227 e. The molecule has 0 spiro atoms. The number of fused-ring (bicyclic) bond motifs is 1. The Balaban J connectivity index is 1.45. The van der Waals surface area contributed by atoms with Gasteiger partial charge in [-0.15, -0.1) is 11.3 Å². The molecule has 3 heterocycles. The summed E-state index contributed by atoms with van der Waals surface area (Å²) in [7, 11) is -3.31. The lowest BCUT2D eigenvalue weighted by atomic mass is 9.95. The quantitative estimate of drug-likeness (QED) is 0.661. The van der Waals surface area contributed by atoms with Gasteiger partial charge in [-0.25, -0.2) is 18.4 Å². The zero-order valence-corrected chi connectivity index (χ0v) is 18.8. The van der Waals surface area contributed by atoms with E-state index >= 15 is 0 Å². The van der Waals surface area contributed by atoms with Gasteiger partial charge in [0.2, 0.25) is 5.91 Å². The molecule has 0 atom stereocenters. The van der Waals surface area contributed by atoms with Gasteiger partial charge < -0.3 is 10.2 Å². The van der Waals surface area contributed by atoms with Gasteiger partial charge in [-0.2, -0.15) is 0 Å². The molecular formula is C21H24N4O3S2. The number of sulfone groups is 1. The molecule has 0 unspecified atom stereocenters. The van der Waals surface area contributed by atoms with Crippen LogP contribution in [0.15, 0.2) is 35.5 Å². The minimum atomic E-state index is -3.31. The minimum absolute atomic E-state index is 0.0734. The SMILES string of the molecule is Cc1sc2ncnc(N3CCC(C(=O)Nc4cccc(S(C)(=O)=O)c4)CC3)c2c1C. The highest BCUT2D eigenvalue weighted by Crippen LogP contribution is 2.35. The summed E-state index contributed by atoms with van der Waals surface area (Å²) in [5.41, 5.74) is 1.73. The number of nitrogens with zero attached hydrogens (tertiary/aromatic N) is 3. The van der Waals surface area contributed by atoms with Gasteiger partial charge in [0.1, 0.15) is 17.0 Å². The van der Waals surface area contributed by atoms with Crippen LogP contribution < -0.4 is 10.2 Å². The van der Waals surface area contributed by atoms with Gasteiger partial charge in [-0.05, 0) is 50.5 Å². The maximum atomic E-state index is 12.7. The molecule has 4 rings (SSSR count). The first-order valence-electron chi connectivity index (χ1n) is 9.80. The number of hydrogen-bond donors (Lipinski definition) is 1. The molecule has 0 aliphatic carbocycles. The van der Waals surface area contributed by atoms with Crippen LogP contribution >= 0.6 is 11.3 Å². The van der Waals surface area contributed by atoms with Gasteiger partial charge in [0.05, 0.1) is 10.3 Å². The van der Waals surface area contributed by atoms with Crippen molar-refractivity contribution in [3.05, 3.63) is 41.0 Å². The molecule has 158 valence electrons. The van der Waals surface area contributed by atoms with E-state index in [-0.39, 0.29) is 16.7 Å². The van der Waals surface area contributed by atoms with E-state index in [9.17, 15) is 13.2 Å². The Morgan fingerprint density at radius 2 is 1.93 bits per heavy atom. The molecule has 0 radical (unpaired) electrons. The van der Waals surface area contributed by atoms with Crippen LogP contribution in [0.5, 0.6) is 0 Å². The summed E-state index contributed by atoms with van der Waals surface area (Å²) in [5, 5.41) is 3.99. The first kappa shape index (κ1) is 20.7. The molecule has 0 saturated carbocycles. The van der Waals surface area contributed by atoms with E-state index in [2.05, 4.69) is 34.0 Å². The Morgan fingerprint density at radius 3 is 2.63 bits per heavy atom. The van der Waals surface area contributed by atoms with Crippen LogP contribution in [0.4, 0.5) is 11.5 Å². The number of aromatic nitrogens is 2. The van der Waals surface area contributed by atoms with E-state index in [0.717, 1.165) is 35.4 Å². The highest BCUT2D eigenvalue weighted by molar-refractivity contribution is 7.90. The first-order valence-corrected chi connectivity index (χ1v) is 12.5. The number of thiophene rings is 1. The molecule has 3 aromatic rings. The fraction of sp³-hybridized carbons (Fsp3) is 0.381. The highest BCUT2D eigenvalue weighted by Gasteiger charge is 2.27. The minimum Gasteiger partial charge on any atom is -0.356 e. The maximum absolute atomic E-state index is 12.7. The topological polar surface area (TPSA) is 92.3 Å². The third-order valence-electron chi connectivity index (χ3n) is 5.64. The van der Waals surface area contributed by atoms with Crippen molar-refractivity contribution in [3.8, 4) is 0 Å². The zero-order chi connectivity index (χ0) is 21.5. The second-order valence-corrected chi connectivity index (χ2v) is 10.9. The molecule has 1 saturated heterocycles. The summed E-state index contributed by atoms with van der Waals surface area (Å²) in [6, 6.07) is 6.38. The standard InChI is InChI=1S/C21H24N4O3S2/c1-13-14(2)29-21-18(13)19(22-12-23-21)25-9-7-15(8-10-25)20(26)24-16-5-4-6-17(11-16)30(3,27)28/h4-6,11-12,15H,7-10H2,1-3H3,(H,24,26). The fourth-order valence-electron chi connectivity index (χ4n) is 3.81. The van der Waals surface area contributed by atoms with Crippen molar-refractivity contribution in [1.29, 1.82) is 0 Å². The number of piperidine rings is 1. The molecule has 0 bridgehead atoms. The largest absolute Gasteiger partial charge is 0.356 e. The summed E-state index contributed by atoms with van der Waals surface area (Å²) in [5.74, 6) is 0.753. The first-order chi connectivity index (χ1) is 14.2. The molecule has 1 N–H and O–H groups in total.